The van der Waals surface area contributed by atoms with Crippen molar-refractivity contribution in [2.75, 3.05) is 6.54 Å². The van der Waals surface area contributed by atoms with Gasteiger partial charge in [-0.05, 0) is 49.0 Å². The average molecular weight is 239 g/mol. The maximum atomic E-state index is 3.84. The second-order valence-corrected chi connectivity index (χ2v) is 7.70. The lowest BCUT2D eigenvalue weighted by Gasteiger charge is -2.38. The average Bonchev–Trinajstić information content (AvgIpc) is 2.15. The molecule has 1 heteroatoms. The molecule has 1 aliphatic carbocycles. The Kier molecular flexibility index (Phi) is 5.50. The summed E-state index contributed by atoms with van der Waals surface area (Å²) >= 11 is 0. The van der Waals surface area contributed by atoms with E-state index in [4.69, 9.17) is 0 Å². The maximum absolute atomic E-state index is 3.84. The van der Waals surface area contributed by atoms with Crippen LogP contribution in [0, 0.1) is 23.2 Å². The first-order valence-corrected chi connectivity index (χ1v) is 7.53. The molecule has 3 unspecified atom stereocenters. The lowest BCUT2D eigenvalue weighted by Crippen LogP contribution is -2.43. The standard InChI is InChI=1S/C16H33N/c1-12(2)14-8-7-13(3)11-15(14)17-10-9-16(4,5)6/h12-15,17H,7-11H2,1-6H3. The van der Waals surface area contributed by atoms with Crippen LogP contribution in [0.4, 0.5) is 0 Å². The summed E-state index contributed by atoms with van der Waals surface area (Å²) in [5, 5.41) is 3.84. The van der Waals surface area contributed by atoms with Crippen LogP contribution in [0.15, 0.2) is 0 Å². The van der Waals surface area contributed by atoms with Gasteiger partial charge in [0.1, 0.15) is 0 Å². The second-order valence-electron chi connectivity index (χ2n) is 7.70. The third-order valence-electron chi connectivity index (χ3n) is 4.30. The Morgan fingerprint density at radius 2 is 1.82 bits per heavy atom. The molecule has 0 amide bonds. The Balaban J connectivity index is 2.41. The second kappa shape index (κ2) is 6.22. The fourth-order valence-corrected chi connectivity index (χ4v) is 3.07. The molecule has 1 N–H and O–H groups in total. The van der Waals surface area contributed by atoms with Gasteiger partial charge in [-0.3, -0.25) is 0 Å². The zero-order valence-electron chi connectivity index (χ0n) is 12.8. The van der Waals surface area contributed by atoms with Gasteiger partial charge in [-0.1, -0.05) is 48.0 Å². The lowest BCUT2D eigenvalue weighted by atomic mass is 9.74. The van der Waals surface area contributed by atoms with E-state index in [0.717, 1.165) is 23.8 Å². The van der Waals surface area contributed by atoms with Crippen LogP contribution in [0.25, 0.3) is 0 Å². The summed E-state index contributed by atoms with van der Waals surface area (Å²) in [6.45, 7) is 15.4. The van der Waals surface area contributed by atoms with Crippen molar-refractivity contribution in [3.63, 3.8) is 0 Å². The molecule has 102 valence electrons. The monoisotopic (exact) mass is 239 g/mol. The molecule has 0 aromatic carbocycles. The van der Waals surface area contributed by atoms with Crippen LogP contribution in [0.5, 0.6) is 0 Å². The minimum Gasteiger partial charge on any atom is -0.314 e. The minimum atomic E-state index is 0.459. The van der Waals surface area contributed by atoms with E-state index < -0.39 is 0 Å². The maximum Gasteiger partial charge on any atom is 0.0100 e. The highest BCUT2D eigenvalue weighted by Gasteiger charge is 2.30. The van der Waals surface area contributed by atoms with Crippen molar-refractivity contribution >= 4 is 0 Å². The first-order valence-electron chi connectivity index (χ1n) is 7.53. The summed E-state index contributed by atoms with van der Waals surface area (Å²) in [5.41, 5.74) is 0.459. The van der Waals surface area contributed by atoms with E-state index in [2.05, 4.69) is 46.9 Å². The molecule has 0 aromatic rings. The van der Waals surface area contributed by atoms with Gasteiger partial charge in [-0.25, -0.2) is 0 Å². The molecule has 0 aromatic heterocycles. The predicted octanol–water partition coefficient (Wildman–Crippen LogP) is 4.47. The van der Waals surface area contributed by atoms with Crippen LogP contribution in [-0.2, 0) is 0 Å². The third kappa shape index (κ3) is 5.42. The predicted molar refractivity (Wildman–Crippen MR) is 77.2 cm³/mol. The molecule has 1 nitrogen and oxygen atoms in total. The highest BCUT2D eigenvalue weighted by atomic mass is 14.9. The molecule has 1 saturated carbocycles. The van der Waals surface area contributed by atoms with Crippen LogP contribution in [0.1, 0.15) is 67.2 Å². The van der Waals surface area contributed by atoms with E-state index >= 15 is 0 Å². The SMILES string of the molecule is CC1CCC(C(C)C)C(NCCC(C)(C)C)C1. The van der Waals surface area contributed by atoms with Crippen molar-refractivity contribution < 1.29 is 0 Å². The number of hydrogen-bond acceptors (Lipinski definition) is 1. The largest absolute Gasteiger partial charge is 0.314 e. The van der Waals surface area contributed by atoms with Crippen LogP contribution in [-0.4, -0.2) is 12.6 Å². The number of rotatable bonds is 4. The smallest absolute Gasteiger partial charge is 0.0100 e. The molecule has 0 bridgehead atoms. The summed E-state index contributed by atoms with van der Waals surface area (Å²) < 4.78 is 0. The Hall–Kier alpha value is -0.0400. The van der Waals surface area contributed by atoms with Crippen molar-refractivity contribution in [2.45, 2.75) is 73.3 Å². The van der Waals surface area contributed by atoms with E-state index in [-0.39, 0.29) is 0 Å². The molecule has 0 heterocycles. The Morgan fingerprint density at radius 3 is 2.35 bits per heavy atom. The van der Waals surface area contributed by atoms with Gasteiger partial charge in [0.05, 0.1) is 0 Å². The topological polar surface area (TPSA) is 12.0 Å². The van der Waals surface area contributed by atoms with Crippen molar-refractivity contribution in [1.82, 2.24) is 5.32 Å². The fourth-order valence-electron chi connectivity index (χ4n) is 3.07. The quantitative estimate of drug-likeness (QED) is 0.763. The Bertz CT molecular complexity index is 214. The molecule has 0 radical (unpaired) electrons. The molecular formula is C16H33N. The van der Waals surface area contributed by atoms with Crippen molar-refractivity contribution in [3.8, 4) is 0 Å². The zero-order chi connectivity index (χ0) is 13.1. The van der Waals surface area contributed by atoms with Gasteiger partial charge in [0.25, 0.3) is 0 Å². The van der Waals surface area contributed by atoms with E-state index in [0.29, 0.717) is 5.41 Å². The molecule has 0 saturated heterocycles. The molecule has 0 aliphatic heterocycles. The molecule has 1 fully saturated rings. The fraction of sp³-hybridized carbons (Fsp3) is 1.00. The first-order chi connectivity index (χ1) is 7.79. The van der Waals surface area contributed by atoms with Crippen LogP contribution in [0.3, 0.4) is 0 Å². The molecule has 3 atom stereocenters. The molecule has 17 heavy (non-hydrogen) atoms. The van der Waals surface area contributed by atoms with Crippen molar-refractivity contribution in [3.05, 3.63) is 0 Å². The van der Waals surface area contributed by atoms with Gasteiger partial charge in [-0.2, -0.15) is 0 Å². The number of nitrogens with one attached hydrogen (secondary N) is 1. The van der Waals surface area contributed by atoms with Gasteiger partial charge in [0.2, 0.25) is 0 Å². The summed E-state index contributed by atoms with van der Waals surface area (Å²) in [6, 6.07) is 0.765. The zero-order valence-corrected chi connectivity index (χ0v) is 12.8. The van der Waals surface area contributed by atoms with Crippen LogP contribution < -0.4 is 5.32 Å². The van der Waals surface area contributed by atoms with E-state index in [1.54, 1.807) is 0 Å². The van der Waals surface area contributed by atoms with Gasteiger partial charge in [0, 0.05) is 6.04 Å². The van der Waals surface area contributed by atoms with Crippen LogP contribution >= 0.6 is 0 Å². The van der Waals surface area contributed by atoms with Crippen LogP contribution in [0.2, 0.25) is 0 Å². The van der Waals surface area contributed by atoms with Gasteiger partial charge in [0.15, 0.2) is 0 Å². The highest BCUT2D eigenvalue weighted by molar-refractivity contribution is 4.85. The first kappa shape index (κ1) is 15.0. The normalized spacial score (nSPS) is 30.9. The summed E-state index contributed by atoms with van der Waals surface area (Å²) in [6.07, 6.45) is 5.52. The Labute approximate surface area is 109 Å². The summed E-state index contributed by atoms with van der Waals surface area (Å²) in [5.74, 6) is 2.64. The molecule has 1 aliphatic rings. The van der Waals surface area contributed by atoms with E-state index in [1.165, 1.54) is 32.2 Å². The third-order valence-corrected chi connectivity index (χ3v) is 4.30. The highest BCUT2D eigenvalue weighted by Crippen LogP contribution is 2.33. The summed E-state index contributed by atoms with van der Waals surface area (Å²) in [4.78, 5) is 0. The van der Waals surface area contributed by atoms with E-state index in [9.17, 15) is 0 Å². The molecule has 1 rings (SSSR count). The van der Waals surface area contributed by atoms with Crippen molar-refractivity contribution in [1.29, 1.82) is 0 Å². The molecular weight excluding hydrogens is 206 g/mol. The molecule has 0 spiro atoms. The van der Waals surface area contributed by atoms with Gasteiger partial charge >= 0.3 is 0 Å². The van der Waals surface area contributed by atoms with Gasteiger partial charge < -0.3 is 5.32 Å². The lowest BCUT2D eigenvalue weighted by molar-refractivity contribution is 0.166. The van der Waals surface area contributed by atoms with Gasteiger partial charge in [-0.15, -0.1) is 0 Å². The van der Waals surface area contributed by atoms with Crippen molar-refractivity contribution in [2.24, 2.45) is 23.2 Å². The Morgan fingerprint density at radius 1 is 1.18 bits per heavy atom. The minimum absolute atomic E-state index is 0.459. The number of hydrogen-bond donors (Lipinski definition) is 1. The summed E-state index contributed by atoms with van der Waals surface area (Å²) in [7, 11) is 0. The van der Waals surface area contributed by atoms with E-state index in [1.807, 2.05) is 0 Å².